The Kier molecular flexibility index (Phi) is 6.50. The largest absolute Gasteiger partial charge is 0.497 e. The summed E-state index contributed by atoms with van der Waals surface area (Å²) >= 11 is 3.41. The maximum Gasteiger partial charge on any atom is 0.258 e. The molecule has 0 unspecified atom stereocenters. The predicted molar refractivity (Wildman–Crippen MR) is 105 cm³/mol. The van der Waals surface area contributed by atoms with Crippen LogP contribution in [0.2, 0.25) is 0 Å². The van der Waals surface area contributed by atoms with Gasteiger partial charge in [0, 0.05) is 10.7 Å². The summed E-state index contributed by atoms with van der Waals surface area (Å²) in [5.41, 5.74) is 0.480. The van der Waals surface area contributed by atoms with Crippen LogP contribution >= 0.6 is 15.9 Å². The third-order valence-electron chi connectivity index (χ3n) is 4.62. The van der Waals surface area contributed by atoms with Gasteiger partial charge in [-0.3, -0.25) is 4.79 Å². The fourth-order valence-electron chi connectivity index (χ4n) is 3.14. The number of aromatic nitrogens is 1. The number of ether oxygens (including phenoxy) is 2. The second kappa shape index (κ2) is 9.03. The third kappa shape index (κ3) is 4.75. The van der Waals surface area contributed by atoms with E-state index in [1.54, 1.807) is 31.5 Å². The van der Waals surface area contributed by atoms with Crippen LogP contribution in [0.4, 0.5) is 5.82 Å². The van der Waals surface area contributed by atoms with Gasteiger partial charge in [0.1, 0.15) is 5.75 Å². The molecule has 26 heavy (non-hydrogen) atoms. The van der Waals surface area contributed by atoms with Crippen molar-refractivity contribution in [1.29, 1.82) is 0 Å². The molecule has 3 rings (SSSR count). The number of rotatable bonds is 6. The van der Waals surface area contributed by atoms with Gasteiger partial charge in [-0.25, -0.2) is 4.98 Å². The van der Waals surface area contributed by atoms with E-state index in [1.165, 1.54) is 32.1 Å². The molecule has 0 aliphatic heterocycles. The number of carbonyl (C=O) groups excluding carboxylic acids is 1. The van der Waals surface area contributed by atoms with E-state index in [0.29, 0.717) is 39.9 Å². The minimum atomic E-state index is -0.267. The van der Waals surface area contributed by atoms with Gasteiger partial charge in [0.2, 0.25) is 0 Å². The van der Waals surface area contributed by atoms with Crippen molar-refractivity contribution in [3.05, 3.63) is 46.6 Å². The molecular weight excluding hydrogens is 396 g/mol. The molecule has 1 N–H and O–H groups in total. The maximum atomic E-state index is 12.7. The van der Waals surface area contributed by atoms with Crippen LogP contribution in [0.1, 0.15) is 42.5 Å². The zero-order chi connectivity index (χ0) is 18.4. The molecule has 1 aromatic heterocycles. The normalized spacial score (nSPS) is 14.7. The van der Waals surface area contributed by atoms with E-state index in [0.717, 1.165) is 0 Å². The van der Waals surface area contributed by atoms with E-state index in [2.05, 4.69) is 26.2 Å². The van der Waals surface area contributed by atoms with Crippen molar-refractivity contribution in [3.8, 4) is 11.5 Å². The first-order valence-corrected chi connectivity index (χ1v) is 9.69. The molecule has 1 heterocycles. The van der Waals surface area contributed by atoms with E-state index in [9.17, 15) is 4.79 Å². The Balaban J connectivity index is 1.70. The van der Waals surface area contributed by atoms with Crippen LogP contribution in [-0.2, 0) is 0 Å². The lowest BCUT2D eigenvalue weighted by Gasteiger charge is -2.22. The summed E-state index contributed by atoms with van der Waals surface area (Å²) in [5, 5.41) is 2.85. The number of amides is 1. The lowest BCUT2D eigenvalue weighted by molar-refractivity contribution is 0.102. The molecule has 5 nitrogen and oxygen atoms in total. The summed E-state index contributed by atoms with van der Waals surface area (Å²) in [4.78, 5) is 16.9. The molecule has 1 amide bonds. The smallest absolute Gasteiger partial charge is 0.258 e. The molecule has 0 spiro atoms. The summed E-state index contributed by atoms with van der Waals surface area (Å²) in [6, 6.07) is 8.91. The SMILES string of the molecule is COc1ccc(Br)c(C(=O)Nc2ncccc2OCC2CCCCC2)c1. The Morgan fingerprint density at radius 1 is 1.27 bits per heavy atom. The van der Waals surface area contributed by atoms with E-state index in [4.69, 9.17) is 9.47 Å². The van der Waals surface area contributed by atoms with Gasteiger partial charge in [-0.1, -0.05) is 19.3 Å². The molecule has 138 valence electrons. The Hall–Kier alpha value is -2.08. The number of pyridine rings is 1. The number of hydrogen-bond acceptors (Lipinski definition) is 4. The van der Waals surface area contributed by atoms with Crippen LogP contribution < -0.4 is 14.8 Å². The molecule has 2 aromatic rings. The van der Waals surface area contributed by atoms with Crippen LogP contribution in [0.3, 0.4) is 0 Å². The minimum Gasteiger partial charge on any atom is -0.497 e. The van der Waals surface area contributed by atoms with Crippen LogP contribution in [0.25, 0.3) is 0 Å². The van der Waals surface area contributed by atoms with Crippen molar-refractivity contribution in [2.24, 2.45) is 5.92 Å². The number of nitrogens with one attached hydrogen (secondary N) is 1. The van der Waals surface area contributed by atoms with Crippen molar-refractivity contribution >= 4 is 27.7 Å². The average molecular weight is 419 g/mol. The van der Waals surface area contributed by atoms with Crippen LogP contribution in [0.5, 0.6) is 11.5 Å². The van der Waals surface area contributed by atoms with E-state index in [1.807, 2.05) is 12.1 Å². The molecule has 0 radical (unpaired) electrons. The van der Waals surface area contributed by atoms with Crippen molar-refractivity contribution in [1.82, 2.24) is 4.98 Å². The fraction of sp³-hybridized carbons (Fsp3) is 0.400. The van der Waals surface area contributed by atoms with Crippen LogP contribution in [-0.4, -0.2) is 24.6 Å². The number of anilines is 1. The van der Waals surface area contributed by atoms with E-state index >= 15 is 0 Å². The first-order valence-electron chi connectivity index (χ1n) is 8.90. The second-order valence-corrected chi connectivity index (χ2v) is 7.32. The Morgan fingerprint density at radius 2 is 2.08 bits per heavy atom. The lowest BCUT2D eigenvalue weighted by Crippen LogP contribution is -2.18. The number of hydrogen-bond donors (Lipinski definition) is 1. The molecule has 1 aliphatic carbocycles. The monoisotopic (exact) mass is 418 g/mol. The fourth-order valence-corrected chi connectivity index (χ4v) is 3.57. The number of nitrogens with zero attached hydrogens (tertiary/aromatic N) is 1. The standard InChI is InChI=1S/C20H23BrN2O3/c1-25-15-9-10-17(21)16(12-15)20(24)23-19-18(8-5-11-22-19)26-13-14-6-3-2-4-7-14/h5,8-12,14H,2-4,6-7,13H2,1H3,(H,22,23,24). The molecule has 1 aromatic carbocycles. The molecule has 1 fully saturated rings. The summed E-state index contributed by atoms with van der Waals surface area (Å²) in [6.45, 7) is 0.664. The molecule has 0 bridgehead atoms. The Labute approximate surface area is 162 Å². The summed E-state index contributed by atoms with van der Waals surface area (Å²) in [6.07, 6.45) is 7.92. The van der Waals surface area contributed by atoms with Gasteiger partial charge in [-0.05, 0) is 65.0 Å². The summed E-state index contributed by atoms with van der Waals surface area (Å²) in [5.74, 6) is 1.97. The second-order valence-electron chi connectivity index (χ2n) is 6.47. The maximum absolute atomic E-state index is 12.7. The molecule has 1 saturated carbocycles. The van der Waals surface area contributed by atoms with E-state index in [-0.39, 0.29) is 5.91 Å². The van der Waals surface area contributed by atoms with E-state index < -0.39 is 0 Å². The van der Waals surface area contributed by atoms with Crippen LogP contribution in [0.15, 0.2) is 41.0 Å². The van der Waals surface area contributed by atoms with Crippen molar-refractivity contribution in [2.45, 2.75) is 32.1 Å². The number of halogens is 1. The van der Waals surface area contributed by atoms with Crippen molar-refractivity contribution in [2.75, 3.05) is 19.0 Å². The van der Waals surface area contributed by atoms with Gasteiger partial charge in [0.15, 0.2) is 11.6 Å². The lowest BCUT2D eigenvalue weighted by atomic mass is 9.90. The van der Waals surface area contributed by atoms with Gasteiger partial charge in [-0.2, -0.15) is 0 Å². The molecule has 0 saturated heterocycles. The van der Waals surface area contributed by atoms with Crippen molar-refractivity contribution < 1.29 is 14.3 Å². The summed E-state index contributed by atoms with van der Waals surface area (Å²) < 4.78 is 11.9. The highest BCUT2D eigenvalue weighted by molar-refractivity contribution is 9.10. The third-order valence-corrected chi connectivity index (χ3v) is 5.31. The van der Waals surface area contributed by atoms with Gasteiger partial charge in [0.05, 0.1) is 19.3 Å². The zero-order valence-electron chi connectivity index (χ0n) is 14.8. The highest BCUT2D eigenvalue weighted by atomic mass is 79.9. The molecule has 6 heteroatoms. The highest BCUT2D eigenvalue weighted by Crippen LogP contribution is 2.28. The van der Waals surface area contributed by atoms with Crippen molar-refractivity contribution in [3.63, 3.8) is 0 Å². The molecule has 1 aliphatic rings. The molecule has 0 atom stereocenters. The first-order chi connectivity index (χ1) is 12.7. The minimum absolute atomic E-state index is 0.267. The van der Waals surface area contributed by atoms with Gasteiger partial charge < -0.3 is 14.8 Å². The van der Waals surface area contributed by atoms with Gasteiger partial charge >= 0.3 is 0 Å². The molecular formula is C20H23BrN2O3. The zero-order valence-corrected chi connectivity index (χ0v) is 16.4. The Bertz CT molecular complexity index is 760. The quantitative estimate of drug-likeness (QED) is 0.711. The van der Waals surface area contributed by atoms with Gasteiger partial charge in [-0.15, -0.1) is 0 Å². The first kappa shape index (κ1) is 18.7. The number of methoxy groups -OCH3 is 1. The number of benzene rings is 1. The average Bonchev–Trinajstić information content (AvgIpc) is 2.68. The predicted octanol–water partition coefficient (Wildman–Crippen LogP) is 5.06. The number of carbonyl (C=O) groups is 1. The van der Waals surface area contributed by atoms with Crippen LogP contribution in [0, 0.1) is 5.92 Å². The summed E-state index contributed by atoms with van der Waals surface area (Å²) in [7, 11) is 1.57. The Morgan fingerprint density at radius 3 is 2.85 bits per heavy atom. The van der Waals surface area contributed by atoms with Gasteiger partial charge in [0.25, 0.3) is 5.91 Å². The highest BCUT2D eigenvalue weighted by Gasteiger charge is 2.17. The topological polar surface area (TPSA) is 60.5 Å².